The highest BCUT2D eigenvalue weighted by Crippen LogP contribution is 2.27. The van der Waals surface area contributed by atoms with Crippen LogP contribution in [0.3, 0.4) is 0 Å². The molecule has 0 aliphatic carbocycles. The number of ether oxygens (including phenoxy) is 2. The average Bonchev–Trinajstić information content (AvgIpc) is 3.21. The van der Waals surface area contributed by atoms with Gasteiger partial charge in [0.2, 0.25) is 0 Å². The lowest BCUT2D eigenvalue weighted by Crippen LogP contribution is -2.22. The van der Waals surface area contributed by atoms with Gasteiger partial charge in [0.1, 0.15) is 23.9 Å². The average molecular weight is 379 g/mol. The third kappa shape index (κ3) is 4.55. The number of aryl methyl sites for hydroxylation is 2. The Labute approximate surface area is 165 Å². The van der Waals surface area contributed by atoms with Crippen molar-refractivity contribution in [1.82, 2.24) is 5.32 Å². The Morgan fingerprint density at radius 2 is 1.89 bits per heavy atom. The largest absolute Gasteiger partial charge is 0.496 e. The molecule has 0 atom stereocenters. The van der Waals surface area contributed by atoms with E-state index in [9.17, 15) is 4.79 Å². The highest BCUT2D eigenvalue weighted by Gasteiger charge is 2.12. The highest BCUT2D eigenvalue weighted by atomic mass is 16.5. The highest BCUT2D eigenvalue weighted by molar-refractivity contribution is 5.94. The molecule has 146 valence electrons. The molecule has 3 rings (SSSR count). The van der Waals surface area contributed by atoms with Crippen LogP contribution in [-0.4, -0.2) is 13.0 Å². The normalized spacial score (nSPS) is 10.6. The van der Waals surface area contributed by atoms with Gasteiger partial charge in [0.15, 0.2) is 0 Å². The molecule has 1 aromatic heterocycles. The molecule has 28 heavy (non-hydrogen) atoms. The minimum absolute atomic E-state index is 0.178. The van der Waals surface area contributed by atoms with Gasteiger partial charge in [-0.25, -0.2) is 0 Å². The van der Waals surface area contributed by atoms with E-state index in [1.807, 2.05) is 26.0 Å². The van der Waals surface area contributed by atoms with Crippen molar-refractivity contribution in [3.05, 3.63) is 82.3 Å². The Morgan fingerprint density at radius 3 is 2.61 bits per heavy atom. The molecule has 0 radical (unpaired) electrons. The fourth-order valence-electron chi connectivity index (χ4n) is 3.02. The Bertz CT molecular complexity index is 961. The van der Waals surface area contributed by atoms with Crippen LogP contribution in [0.5, 0.6) is 11.5 Å². The molecule has 0 spiro atoms. The number of carbonyl (C=O) groups excluding carboxylic acids is 1. The first-order chi connectivity index (χ1) is 13.5. The first-order valence-electron chi connectivity index (χ1n) is 9.16. The standard InChI is InChI=1S/C23H25NO4/c1-15-10-16(2)17(3)22(11-15)28-14-19-12-18(7-8-21(19)26-4)23(25)24-13-20-6-5-9-27-20/h5-12H,13-14H2,1-4H3,(H,24,25). The van der Waals surface area contributed by atoms with Gasteiger partial charge in [-0.05, 0) is 73.9 Å². The Hall–Kier alpha value is -3.21. The smallest absolute Gasteiger partial charge is 0.251 e. The summed E-state index contributed by atoms with van der Waals surface area (Å²) >= 11 is 0. The van der Waals surface area contributed by atoms with Gasteiger partial charge in [-0.15, -0.1) is 0 Å². The van der Waals surface area contributed by atoms with Crippen LogP contribution in [0.1, 0.15) is 38.4 Å². The van der Waals surface area contributed by atoms with E-state index in [4.69, 9.17) is 13.9 Å². The van der Waals surface area contributed by atoms with Gasteiger partial charge in [0.05, 0.1) is 19.9 Å². The number of hydrogen-bond donors (Lipinski definition) is 1. The second-order valence-corrected chi connectivity index (χ2v) is 6.78. The van der Waals surface area contributed by atoms with Crippen LogP contribution in [0.15, 0.2) is 53.1 Å². The van der Waals surface area contributed by atoms with Gasteiger partial charge >= 0.3 is 0 Å². The molecule has 0 aliphatic rings. The zero-order chi connectivity index (χ0) is 20.1. The SMILES string of the molecule is COc1ccc(C(=O)NCc2ccco2)cc1COc1cc(C)cc(C)c1C. The third-order valence-corrected chi connectivity index (χ3v) is 4.69. The van der Waals surface area contributed by atoms with E-state index >= 15 is 0 Å². The maximum Gasteiger partial charge on any atom is 0.251 e. The van der Waals surface area contributed by atoms with Crippen LogP contribution in [0.2, 0.25) is 0 Å². The van der Waals surface area contributed by atoms with Crippen molar-refractivity contribution in [2.45, 2.75) is 33.9 Å². The lowest BCUT2D eigenvalue weighted by Gasteiger charge is -2.15. The Balaban J connectivity index is 1.75. The summed E-state index contributed by atoms with van der Waals surface area (Å²) < 4.78 is 16.7. The van der Waals surface area contributed by atoms with E-state index in [0.29, 0.717) is 30.2 Å². The van der Waals surface area contributed by atoms with Gasteiger partial charge < -0.3 is 19.2 Å². The number of nitrogens with one attached hydrogen (secondary N) is 1. The molecule has 2 aromatic carbocycles. The molecule has 0 fully saturated rings. The van der Waals surface area contributed by atoms with E-state index in [1.165, 1.54) is 5.56 Å². The summed E-state index contributed by atoms with van der Waals surface area (Å²) in [5, 5.41) is 2.85. The van der Waals surface area contributed by atoms with Crippen molar-refractivity contribution >= 4 is 5.91 Å². The number of amides is 1. The zero-order valence-corrected chi connectivity index (χ0v) is 16.7. The van der Waals surface area contributed by atoms with E-state index in [0.717, 1.165) is 22.4 Å². The quantitative estimate of drug-likeness (QED) is 0.645. The molecule has 0 bridgehead atoms. The summed E-state index contributed by atoms with van der Waals surface area (Å²) in [4.78, 5) is 12.5. The number of carbonyl (C=O) groups is 1. The van der Waals surface area contributed by atoms with Gasteiger partial charge in [-0.1, -0.05) is 6.07 Å². The van der Waals surface area contributed by atoms with Gasteiger partial charge in [0, 0.05) is 11.1 Å². The molecule has 5 nitrogen and oxygen atoms in total. The van der Waals surface area contributed by atoms with Crippen LogP contribution in [0.4, 0.5) is 0 Å². The fraction of sp³-hybridized carbons (Fsp3) is 0.261. The minimum Gasteiger partial charge on any atom is -0.496 e. The monoisotopic (exact) mass is 379 g/mol. The fourth-order valence-corrected chi connectivity index (χ4v) is 3.02. The molecular weight excluding hydrogens is 354 g/mol. The molecule has 1 amide bonds. The number of hydrogen-bond acceptors (Lipinski definition) is 4. The van der Waals surface area contributed by atoms with Crippen molar-refractivity contribution in [3.63, 3.8) is 0 Å². The first kappa shape index (κ1) is 19.5. The van der Waals surface area contributed by atoms with E-state index in [2.05, 4.69) is 18.3 Å². The van der Waals surface area contributed by atoms with Crippen LogP contribution < -0.4 is 14.8 Å². The Kier molecular flexibility index (Phi) is 6.04. The van der Waals surface area contributed by atoms with E-state index in [1.54, 1.807) is 37.6 Å². The molecule has 0 saturated carbocycles. The number of rotatable bonds is 7. The summed E-state index contributed by atoms with van der Waals surface area (Å²) in [5.41, 5.74) is 4.80. The third-order valence-electron chi connectivity index (χ3n) is 4.69. The molecule has 0 unspecified atom stereocenters. The van der Waals surface area contributed by atoms with Crippen molar-refractivity contribution in [1.29, 1.82) is 0 Å². The maximum absolute atomic E-state index is 12.5. The van der Waals surface area contributed by atoms with Crippen LogP contribution in [0.25, 0.3) is 0 Å². The molecule has 0 aliphatic heterocycles. The van der Waals surface area contributed by atoms with Crippen molar-refractivity contribution < 1.29 is 18.7 Å². The topological polar surface area (TPSA) is 60.7 Å². The van der Waals surface area contributed by atoms with E-state index < -0.39 is 0 Å². The summed E-state index contributed by atoms with van der Waals surface area (Å²) in [5.74, 6) is 2.05. The summed E-state index contributed by atoms with van der Waals surface area (Å²) in [6, 6.07) is 13.1. The summed E-state index contributed by atoms with van der Waals surface area (Å²) in [6.45, 7) is 6.81. The van der Waals surface area contributed by atoms with Gasteiger partial charge in [-0.3, -0.25) is 4.79 Å². The van der Waals surface area contributed by atoms with Crippen LogP contribution >= 0.6 is 0 Å². The molecule has 5 heteroatoms. The van der Waals surface area contributed by atoms with Crippen LogP contribution in [0, 0.1) is 20.8 Å². The predicted molar refractivity (Wildman–Crippen MR) is 108 cm³/mol. The number of benzene rings is 2. The first-order valence-corrected chi connectivity index (χ1v) is 9.16. The molecule has 0 saturated heterocycles. The van der Waals surface area contributed by atoms with Crippen LogP contribution in [-0.2, 0) is 13.2 Å². The Morgan fingerprint density at radius 1 is 1.07 bits per heavy atom. The molecular formula is C23H25NO4. The summed E-state index contributed by atoms with van der Waals surface area (Å²) in [6.07, 6.45) is 1.58. The second-order valence-electron chi connectivity index (χ2n) is 6.78. The maximum atomic E-state index is 12.5. The zero-order valence-electron chi connectivity index (χ0n) is 16.7. The molecule has 3 aromatic rings. The predicted octanol–water partition coefficient (Wildman–Crippen LogP) is 4.72. The van der Waals surface area contributed by atoms with Crippen molar-refractivity contribution in [2.75, 3.05) is 7.11 Å². The van der Waals surface area contributed by atoms with Crippen molar-refractivity contribution in [2.24, 2.45) is 0 Å². The van der Waals surface area contributed by atoms with Gasteiger partial charge in [-0.2, -0.15) is 0 Å². The second kappa shape index (κ2) is 8.65. The van der Waals surface area contributed by atoms with E-state index in [-0.39, 0.29) is 5.91 Å². The molecule has 1 heterocycles. The van der Waals surface area contributed by atoms with Gasteiger partial charge in [0.25, 0.3) is 5.91 Å². The summed E-state index contributed by atoms with van der Waals surface area (Å²) in [7, 11) is 1.61. The number of methoxy groups -OCH3 is 1. The van der Waals surface area contributed by atoms with Crippen molar-refractivity contribution in [3.8, 4) is 11.5 Å². The number of furan rings is 1. The lowest BCUT2D eigenvalue weighted by atomic mass is 10.1. The molecule has 1 N–H and O–H groups in total. The lowest BCUT2D eigenvalue weighted by molar-refractivity contribution is 0.0948. The minimum atomic E-state index is -0.178.